The zero-order chi connectivity index (χ0) is 18.4. The number of carbonyl (C=O) groups excluding carboxylic acids is 1. The molecule has 2 rings (SSSR count). The van der Waals surface area contributed by atoms with E-state index in [1.165, 1.54) is 5.57 Å². The summed E-state index contributed by atoms with van der Waals surface area (Å²) in [5.74, 6) is -0.153. The molecule has 1 aromatic rings. The number of sulfonamides is 1. The Hall–Kier alpha value is -1.41. The van der Waals surface area contributed by atoms with Crippen LogP contribution in [0.5, 0.6) is 0 Å². The summed E-state index contributed by atoms with van der Waals surface area (Å²) in [6.45, 7) is 7.88. The molecule has 146 valence electrons. The van der Waals surface area contributed by atoms with Gasteiger partial charge in [-0.25, -0.2) is 13.1 Å². The van der Waals surface area contributed by atoms with Crippen molar-refractivity contribution in [3.63, 3.8) is 0 Å². The summed E-state index contributed by atoms with van der Waals surface area (Å²) in [6, 6.07) is 3.70. The molecule has 0 aliphatic carbocycles. The molecule has 0 saturated carbocycles. The number of hydrogen-bond acceptors (Lipinski definition) is 4. The van der Waals surface area contributed by atoms with Crippen LogP contribution in [-0.4, -0.2) is 40.5 Å². The predicted molar refractivity (Wildman–Crippen MR) is 106 cm³/mol. The van der Waals surface area contributed by atoms with Gasteiger partial charge < -0.3 is 10.6 Å². The van der Waals surface area contributed by atoms with Crippen molar-refractivity contribution in [2.24, 2.45) is 0 Å². The Bertz CT molecular complexity index is 753. The lowest BCUT2D eigenvalue weighted by molar-refractivity contribution is -0.120. The molecule has 1 aromatic carbocycles. The number of benzene rings is 1. The monoisotopic (exact) mass is 401 g/mol. The van der Waals surface area contributed by atoms with Gasteiger partial charge in [0.15, 0.2) is 0 Å². The highest BCUT2D eigenvalue weighted by Crippen LogP contribution is 2.21. The standard InChI is InChI=1S/C18H27N3O3S.ClH/c1-13-10-14(2)18(15(3)11-13)25(23,24)21-9-6-17(22)20-12-16-4-7-19-8-5-16;/h4,10-11,19,21H,5-9,12H2,1-3H3,(H,20,22);1H. The Morgan fingerprint density at radius 2 is 1.85 bits per heavy atom. The second-order valence-electron chi connectivity index (χ2n) is 6.47. The van der Waals surface area contributed by atoms with Crippen molar-refractivity contribution >= 4 is 28.3 Å². The lowest BCUT2D eigenvalue weighted by atomic mass is 10.1. The molecule has 26 heavy (non-hydrogen) atoms. The smallest absolute Gasteiger partial charge is 0.241 e. The van der Waals surface area contributed by atoms with E-state index in [2.05, 4.69) is 21.4 Å². The van der Waals surface area contributed by atoms with E-state index in [-0.39, 0.29) is 31.3 Å². The summed E-state index contributed by atoms with van der Waals surface area (Å²) in [5.41, 5.74) is 3.67. The van der Waals surface area contributed by atoms with Crippen LogP contribution >= 0.6 is 12.4 Å². The first-order chi connectivity index (χ1) is 11.8. The first-order valence-electron chi connectivity index (χ1n) is 8.52. The third kappa shape index (κ3) is 6.39. The number of nitrogens with one attached hydrogen (secondary N) is 3. The maximum absolute atomic E-state index is 12.5. The third-order valence-electron chi connectivity index (χ3n) is 4.19. The minimum atomic E-state index is -3.62. The molecule has 0 unspecified atom stereocenters. The molecule has 1 amide bonds. The van der Waals surface area contributed by atoms with Crippen LogP contribution in [0, 0.1) is 20.8 Å². The van der Waals surface area contributed by atoms with Crippen molar-refractivity contribution in [1.29, 1.82) is 0 Å². The molecule has 1 aliphatic rings. The molecule has 6 nitrogen and oxygen atoms in total. The summed E-state index contributed by atoms with van der Waals surface area (Å²) in [6.07, 6.45) is 3.13. The average Bonchev–Trinajstić information content (AvgIpc) is 2.52. The topological polar surface area (TPSA) is 87.3 Å². The number of carbonyl (C=O) groups is 1. The highest BCUT2D eigenvalue weighted by Gasteiger charge is 2.19. The fourth-order valence-electron chi connectivity index (χ4n) is 3.09. The molecule has 0 bridgehead atoms. The summed E-state index contributed by atoms with van der Waals surface area (Å²) < 4.78 is 27.6. The van der Waals surface area contributed by atoms with Crippen LogP contribution in [0.4, 0.5) is 0 Å². The second kappa shape index (κ2) is 10.1. The molecule has 0 radical (unpaired) electrons. The van der Waals surface area contributed by atoms with Gasteiger partial charge in [-0.2, -0.15) is 0 Å². The largest absolute Gasteiger partial charge is 0.352 e. The summed E-state index contributed by atoms with van der Waals surface area (Å²) in [5, 5.41) is 6.05. The van der Waals surface area contributed by atoms with Crippen molar-refractivity contribution in [3.8, 4) is 0 Å². The van der Waals surface area contributed by atoms with E-state index in [1.807, 2.05) is 19.1 Å². The van der Waals surface area contributed by atoms with Crippen LogP contribution in [0.2, 0.25) is 0 Å². The molecule has 8 heteroatoms. The number of amides is 1. The van der Waals surface area contributed by atoms with E-state index in [1.54, 1.807) is 13.8 Å². The van der Waals surface area contributed by atoms with E-state index in [0.29, 0.717) is 22.6 Å². The fraction of sp³-hybridized carbons (Fsp3) is 0.500. The first kappa shape index (κ1) is 22.6. The van der Waals surface area contributed by atoms with Gasteiger partial charge in [0.2, 0.25) is 15.9 Å². The quantitative estimate of drug-likeness (QED) is 0.607. The highest BCUT2D eigenvalue weighted by atomic mass is 35.5. The van der Waals surface area contributed by atoms with Gasteiger partial charge >= 0.3 is 0 Å². The Balaban J connectivity index is 0.00000338. The van der Waals surface area contributed by atoms with Crippen LogP contribution in [0.3, 0.4) is 0 Å². The molecule has 0 atom stereocenters. The molecule has 0 fully saturated rings. The number of aryl methyl sites for hydroxylation is 3. The van der Waals surface area contributed by atoms with Gasteiger partial charge in [0.25, 0.3) is 0 Å². The van der Waals surface area contributed by atoms with E-state index in [4.69, 9.17) is 0 Å². The third-order valence-corrected chi connectivity index (χ3v) is 5.95. The van der Waals surface area contributed by atoms with E-state index in [0.717, 1.165) is 25.1 Å². The van der Waals surface area contributed by atoms with Crippen molar-refractivity contribution in [2.75, 3.05) is 26.2 Å². The highest BCUT2D eigenvalue weighted by molar-refractivity contribution is 7.89. The molecule has 0 spiro atoms. The van der Waals surface area contributed by atoms with E-state index < -0.39 is 10.0 Å². The molecule has 3 N–H and O–H groups in total. The van der Waals surface area contributed by atoms with E-state index in [9.17, 15) is 13.2 Å². The van der Waals surface area contributed by atoms with Gasteiger partial charge in [0, 0.05) is 26.1 Å². The lowest BCUT2D eigenvalue weighted by Crippen LogP contribution is -2.33. The van der Waals surface area contributed by atoms with Crippen molar-refractivity contribution < 1.29 is 13.2 Å². The van der Waals surface area contributed by atoms with E-state index >= 15 is 0 Å². The van der Waals surface area contributed by atoms with Gasteiger partial charge in [0.1, 0.15) is 0 Å². The van der Waals surface area contributed by atoms with Crippen LogP contribution in [0.25, 0.3) is 0 Å². The normalized spacial score (nSPS) is 14.3. The van der Waals surface area contributed by atoms with Gasteiger partial charge in [0.05, 0.1) is 4.90 Å². The number of rotatable bonds is 7. The van der Waals surface area contributed by atoms with Crippen molar-refractivity contribution in [2.45, 2.75) is 38.5 Å². The first-order valence-corrected chi connectivity index (χ1v) is 10.0. The Kier molecular flexibility index (Phi) is 8.76. The van der Waals surface area contributed by atoms with Crippen LogP contribution < -0.4 is 15.4 Å². The Morgan fingerprint density at radius 1 is 1.19 bits per heavy atom. The summed E-state index contributed by atoms with van der Waals surface area (Å²) in [7, 11) is -3.62. The number of halogens is 1. The van der Waals surface area contributed by atoms with Gasteiger partial charge in [-0.3, -0.25) is 4.79 Å². The maximum atomic E-state index is 12.5. The van der Waals surface area contributed by atoms with Gasteiger partial charge in [-0.1, -0.05) is 29.3 Å². The lowest BCUT2D eigenvalue weighted by Gasteiger charge is -2.15. The van der Waals surface area contributed by atoms with Crippen LogP contribution in [-0.2, 0) is 14.8 Å². The Labute approximate surface area is 162 Å². The van der Waals surface area contributed by atoms with Crippen LogP contribution in [0.1, 0.15) is 29.5 Å². The van der Waals surface area contributed by atoms with Crippen molar-refractivity contribution in [1.82, 2.24) is 15.4 Å². The molecule has 1 heterocycles. The molecule has 0 aromatic heterocycles. The zero-order valence-electron chi connectivity index (χ0n) is 15.5. The summed E-state index contributed by atoms with van der Waals surface area (Å²) >= 11 is 0. The van der Waals surface area contributed by atoms with Crippen molar-refractivity contribution in [3.05, 3.63) is 40.5 Å². The minimum Gasteiger partial charge on any atom is -0.352 e. The predicted octanol–water partition coefficient (Wildman–Crippen LogP) is 1.74. The summed E-state index contributed by atoms with van der Waals surface area (Å²) in [4.78, 5) is 12.2. The van der Waals surface area contributed by atoms with Gasteiger partial charge in [-0.05, 0) is 44.9 Å². The average molecular weight is 402 g/mol. The molecular formula is C18H28ClN3O3S. The Morgan fingerprint density at radius 3 is 2.42 bits per heavy atom. The fourth-order valence-corrected chi connectivity index (χ4v) is 4.57. The van der Waals surface area contributed by atoms with Gasteiger partial charge in [-0.15, -0.1) is 12.4 Å². The number of hydrogen-bond donors (Lipinski definition) is 3. The SMILES string of the molecule is Cc1cc(C)c(S(=O)(=O)NCCC(=O)NCC2=CCNCC2)c(C)c1.Cl. The minimum absolute atomic E-state index is 0. The molecule has 0 saturated heterocycles. The molecular weight excluding hydrogens is 374 g/mol. The second-order valence-corrected chi connectivity index (χ2v) is 8.17. The van der Waals surface area contributed by atoms with Crippen LogP contribution in [0.15, 0.2) is 28.7 Å². The maximum Gasteiger partial charge on any atom is 0.241 e. The zero-order valence-corrected chi connectivity index (χ0v) is 17.1. The molecule has 1 aliphatic heterocycles.